The first-order chi connectivity index (χ1) is 14.0. The number of allylic oxidation sites excluding steroid dienone is 1. The predicted molar refractivity (Wildman–Crippen MR) is 112 cm³/mol. The second-order valence-electron chi connectivity index (χ2n) is 6.18. The number of hydrogen-bond donors (Lipinski definition) is 1. The number of nitro groups is 1. The van der Waals surface area contributed by atoms with Gasteiger partial charge < -0.3 is 0 Å². The molecule has 3 aromatic rings. The van der Waals surface area contributed by atoms with Crippen molar-refractivity contribution < 1.29 is 9.72 Å². The number of nitrogens with zero attached hydrogens (tertiary/aromatic N) is 3. The van der Waals surface area contributed by atoms with Gasteiger partial charge in [0.2, 0.25) is 0 Å². The summed E-state index contributed by atoms with van der Waals surface area (Å²) in [7, 11) is 0. The number of nitro benzene ring substituents is 1. The third-order valence-corrected chi connectivity index (χ3v) is 4.04. The number of hydrazone groups is 1. The summed E-state index contributed by atoms with van der Waals surface area (Å²) in [6.07, 6.45) is 4.89. The average Bonchev–Trinajstić information content (AvgIpc) is 2.75. The molecule has 1 aromatic heterocycles. The summed E-state index contributed by atoms with van der Waals surface area (Å²) in [6, 6.07) is 19.0. The van der Waals surface area contributed by atoms with Crippen LogP contribution in [0.4, 0.5) is 5.69 Å². The molecule has 3 rings (SSSR count). The highest BCUT2D eigenvalue weighted by atomic mass is 16.6. The Morgan fingerprint density at radius 2 is 1.86 bits per heavy atom. The molecule has 1 heterocycles. The van der Waals surface area contributed by atoms with Crippen LogP contribution in [0.2, 0.25) is 0 Å². The van der Waals surface area contributed by atoms with E-state index < -0.39 is 4.92 Å². The van der Waals surface area contributed by atoms with Crippen LogP contribution >= 0.6 is 0 Å². The number of rotatable bonds is 6. The third kappa shape index (κ3) is 5.43. The SMILES string of the molecule is Cc1ccc(C(=O)NN=C(C=Cc2cccc([N+](=O)[O-])c2)c2ccccc2)cn1. The second-order valence-corrected chi connectivity index (χ2v) is 6.18. The molecule has 0 aliphatic heterocycles. The molecule has 7 nitrogen and oxygen atoms in total. The summed E-state index contributed by atoms with van der Waals surface area (Å²) >= 11 is 0. The minimum Gasteiger partial charge on any atom is -0.267 e. The summed E-state index contributed by atoms with van der Waals surface area (Å²) in [4.78, 5) is 26.9. The maximum Gasteiger partial charge on any atom is 0.272 e. The van der Waals surface area contributed by atoms with Gasteiger partial charge >= 0.3 is 0 Å². The van der Waals surface area contributed by atoms with Gasteiger partial charge in [-0.15, -0.1) is 0 Å². The van der Waals surface area contributed by atoms with Crippen molar-refractivity contribution in [2.45, 2.75) is 6.92 Å². The van der Waals surface area contributed by atoms with Crippen molar-refractivity contribution in [1.29, 1.82) is 0 Å². The average molecular weight is 386 g/mol. The van der Waals surface area contributed by atoms with Gasteiger partial charge in [0.15, 0.2) is 0 Å². The van der Waals surface area contributed by atoms with E-state index in [-0.39, 0.29) is 11.6 Å². The van der Waals surface area contributed by atoms with Gasteiger partial charge in [0.1, 0.15) is 0 Å². The Bertz CT molecular complexity index is 1070. The number of amides is 1. The number of carbonyl (C=O) groups excluding carboxylic acids is 1. The lowest BCUT2D eigenvalue weighted by Gasteiger charge is -2.04. The smallest absolute Gasteiger partial charge is 0.267 e. The summed E-state index contributed by atoms with van der Waals surface area (Å²) in [5.74, 6) is -0.380. The fourth-order valence-corrected chi connectivity index (χ4v) is 2.50. The molecule has 0 radical (unpaired) electrons. The maximum atomic E-state index is 12.3. The Labute approximate surface area is 167 Å². The number of pyridine rings is 1. The van der Waals surface area contributed by atoms with Gasteiger partial charge in [-0.1, -0.05) is 48.5 Å². The zero-order valence-corrected chi connectivity index (χ0v) is 15.6. The summed E-state index contributed by atoms with van der Waals surface area (Å²) < 4.78 is 0. The highest BCUT2D eigenvalue weighted by Gasteiger charge is 2.07. The zero-order chi connectivity index (χ0) is 20.6. The van der Waals surface area contributed by atoms with Crippen molar-refractivity contribution >= 4 is 23.4 Å². The first-order valence-electron chi connectivity index (χ1n) is 8.81. The lowest BCUT2D eigenvalue weighted by atomic mass is 10.1. The Morgan fingerprint density at radius 1 is 1.07 bits per heavy atom. The van der Waals surface area contributed by atoms with Gasteiger partial charge in [0.05, 0.1) is 16.2 Å². The van der Waals surface area contributed by atoms with E-state index >= 15 is 0 Å². The van der Waals surface area contributed by atoms with Crippen LogP contribution < -0.4 is 5.43 Å². The van der Waals surface area contributed by atoms with Crippen molar-refractivity contribution in [3.05, 3.63) is 112 Å². The van der Waals surface area contributed by atoms with Gasteiger partial charge in [-0.25, -0.2) is 5.43 Å². The van der Waals surface area contributed by atoms with Crippen molar-refractivity contribution in [1.82, 2.24) is 10.4 Å². The van der Waals surface area contributed by atoms with Crippen molar-refractivity contribution in [2.75, 3.05) is 0 Å². The first kappa shape index (κ1) is 19.6. The Balaban J connectivity index is 1.86. The van der Waals surface area contributed by atoms with Crippen LogP contribution in [0.15, 0.2) is 84.1 Å². The Kier molecular flexibility index (Phi) is 6.22. The van der Waals surface area contributed by atoms with E-state index in [1.165, 1.54) is 18.3 Å². The van der Waals surface area contributed by atoms with E-state index in [2.05, 4.69) is 15.5 Å². The molecule has 0 saturated carbocycles. The fourth-order valence-electron chi connectivity index (χ4n) is 2.50. The van der Waals surface area contributed by atoms with Crippen LogP contribution in [-0.2, 0) is 0 Å². The molecular formula is C22H18N4O3. The van der Waals surface area contributed by atoms with Crippen LogP contribution in [0.3, 0.4) is 0 Å². The molecule has 7 heteroatoms. The van der Waals surface area contributed by atoms with Gasteiger partial charge in [-0.3, -0.25) is 19.9 Å². The molecule has 144 valence electrons. The zero-order valence-electron chi connectivity index (χ0n) is 15.6. The lowest BCUT2D eigenvalue weighted by molar-refractivity contribution is -0.384. The van der Waals surface area contributed by atoms with Crippen LogP contribution in [0.5, 0.6) is 0 Å². The van der Waals surface area contributed by atoms with Gasteiger partial charge in [0.25, 0.3) is 11.6 Å². The van der Waals surface area contributed by atoms with E-state index in [4.69, 9.17) is 0 Å². The van der Waals surface area contributed by atoms with Crippen molar-refractivity contribution in [2.24, 2.45) is 5.10 Å². The van der Waals surface area contributed by atoms with E-state index in [1.807, 2.05) is 37.3 Å². The number of benzene rings is 2. The number of aromatic nitrogens is 1. The standard InChI is InChI=1S/C22H18N4O3/c1-16-10-12-19(15-23-16)22(27)25-24-21(18-7-3-2-4-8-18)13-11-17-6-5-9-20(14-17)26(28)29/h2-15H,1H3,(H,25,27). The second kappa shape index (κ2) is 9.18. The van der Waals surface area contributed by atoms with E-state index in [0.717, 1.165) is 11.3 Å². The maximum absolute atomic E-state index is 12.3. The Hall–Kier alpha value is -4.13. The summed E-state index contributed by atoms with van der Waals surface area (Å²) in [5, 5.41) is 15.2. The molecule has 2 aromatic carbocycles. The van der Waals surface area contributed by atoms with Gasteiger partial charge in [0, 0.05) is 29.6 Å². The molecule has 29 heavy (non-hydrogen) atoms. The monoisotopic (exact) mass is 386 g/mol. The summed E-state index contributed by atoms with van der Waals surface area (Å²) in [6.45, 7) is 1.84. The lowest BCUT2D eigenvalue weighted by Crippen LogP contribution is -2.19. The number of nitrogens with one attached hydrogen (secondary N) is 1. The predicted octanol–water partition coefficient (Wildman–Crippen LogP) is 4.15. The number of aryl methyl sites for hydroxylation is 1. The molecule has 0 bridgehead atoms. The van der Waals surface area contributed by atoms with E-state index in [1.54, 1.807) is 36.4 Å². The third-order valence-electron chi connectivity index (χ3n) is 4.04. The van der Waals surface area contributed by atoms with E-state index in [0.29, 0.717) is 16.8 Å². The van der Waals surface area contributed by atoms with Crippen molar-refractivity contribution in [3.63, 3.8) is 0 Å². The first-order valence-corrected chi connectivity index (χ1v) is 8.81. The van der Waals surface area contributed by atoms with Crippen molar-refractivity contribution in [3.8, 4) is 0 Å². The van der Waals surface area contributed by atoms with Crippen LogP contribution in [0, 0.1) is 17.0 Å². The molecule has 0 fully saturated rings. The molecular weight excluding hydrogens is 368 g/mol. The molecule has 0 saturated heterocycles. The molecule has 0 atom stereocenters. The normalized spacial score (nSPS) is 11.4. The van der Waals surface area contributed by atoms with Crippen LogP contribution in [0.25, 0.3) is 6.08 Å². The molecule has 0 unspecified atom stereocenters. The molecule has 0 aliphatic rings. The highest BCUT2D eigenvalue weighted by Crippen LogP contribution is 2.15. The minimum atomic E-state index is -0.445. The number of non-ortho nitro benzene ring substituents is 1. The topological polar surface area (TPSA) is 97.5 Å². The molecule has 1 amide bonds. The van der Waals surface area contributed by atoms with Gasteiger partial charge in [-0.05, 0) is 30.7 Å². The molecule has 1 N–H and O–H groups in total. The molecule has 0 aliphatic carbocycles. The molecule has 0 spiro atoms. The van der Waals surface area contributed by atoms with Crippen LogP contribution in [0.1, 0.15) is 27.2 Å². The van der Waals surface area contributed by atoms with Crippen LogP contribution in [-0.4, -0.2) is 21.5 Å². The highest BCUT2D eigenvalue weighted by molar-refractivity contribution is 6.11. The number of hydrogen-bond acceptors (Lipinski definition) is 5. The quantitative estimate of drug-likeness (QED) is 0.391. The largest absolute Gasteiger partial charge is 0.272 e. The van der Waals surface area contributed by atoms with Gasteiger partial charge in [-0.2, -0.15) is 5.10 Å². The Morgan fingerprint density at radius 3 is 2.55 bits per heavy atom. The summed E-state index contributed by atoms with van der Waals surface area (Å²) in [5.41, 5.74) is 5.69. The fraction of sp³-hybridized carbons (Fsp3) is 0.0455. The minimum absolute atomic E-state index is 0.00511. The van der Waals surface area contributed by atoms with E-state index in [9.17, 15) is 14.9 Å². The number of carbonyl (C=O) groups is 1.